The number of carbonyl (C=O) groups is 1. The highest BCUT2D eigenvalue weighted by Gasteiger charge is 2.21. The average molecular weight is 287 g/mol. The van der Waals surface area contributed by atoms with Gasteiger partial charge in [-0.1, -0.05) is 25.7 Å². The van der Waals surface area contributed by atoms with Crippen molar-refractivity contribution in [3.05, 3.63) is 17.9 Å². The van der Waals surface area contributed by atoms with Crippen LogP contribution in [0.3, 0.4) is 0 Å². The lowest BCUT2D eigenvalue weighted by molar-refractivity contribution is 0.0656. The van der Waals surface area contributed by atoms with Crippen molar-refractivity contribution in [1.82, 2.24) is 4.72 Å². The third-order valence-corrected chi connectivity index (χ3v) is 4.71. The molecule has 7 heteroatoms. The molecule has 0 radical (unpaired) electrons. The van der Waals surface area contributed by atoms with E-state index in [1.54, 1.807) is 0 Å². The van der Waals surface area contributed by atoms with Gasteiger partial charge in [-0.3, -0.25) is 0 Å². The molecule has 0 aromatic carbocycles. The van der Waals surface area contributed by atoms with Crippen LogP contribution in [0.1, 0.15) is 42.7 Å². The molecule has 1 fully saturated rings. The van der Waals surface area contributed by atoms with E-state index >= 15 is 0 Å². The number of nitrogens with one attached hydrogen (secondary N) is 1. The highest BCUT2D eigenvalue weighted by Crippen LogP contribution is 2.27. The topological polar surface area (TPSA) is 96.6 Å². The van der Waals surface area contributed by atoms with Crippen molar-refractivity contribution in [2.45, 2.75) is 37.2 Å². The van der Waals surface area contributed by atoms with E-state index in [2.05, 4.69) is 4.72 Å². The molecule has 0 aliphatic heterocycles. The van der Waals surface area contributed by atoms with Crippen LogP contribution in [0.15, 0.2) is 21.6 Å². The van der Waals surface area contributed by atoms with Crippen LogP contribution in [0.4, 0.5) is 0 Å². The van der Waals surface area contributed by atoms with Crippen LogP contribution in [0.2, 0.25) is 0 Å². The van der Waals surface area contributed by atoms with E-state index < -0.39 is 16.0 Å². The van der Waals surface area contributed by atoms with Gasteiger partial charge < -0.3 is 9.52 Å². The minimum Gasteiger partial charge on any atom is -0.475 e. The number of aromatic carboxylic acids is 1. The second-order valence-corrected chi connectivity index (χ2v) is 6.46. The first kappa shape index (κ1) is 14.1. The number of carboxylic acids is 1. The molecule has 2 rings (SSSR count). The molecule has 19 heavy (non-hydrogen) atoms. The Morgan fingerprint density at radius 3 is 2.63 bits per heavy atom. The highest BCUT2D eigenvalue weighted by atomic mass is 32.2. The SMILES string of the molecule is O=C(O)c1ccc(S(=O)(=O)NCCC2CCCC2)o1. The van der Waals surface area contributed by atoms with Gasteiger partial charge in [-0.25, -0.2) is 17.9 Å². The molecule has 0 spiro atoms. The molecule has 0 saturated heterocycles. The maximum atomic E-state index is 11.8. The molecule has 0 bridgehead atoms. The molecule has 1 aromatic rings. The van der Waals surface area contributed by atoms with Crippen LogP contribution in [0.5, 0.6) is 0 Å². The maximum absolute atomic E-state index is 11.8. The molecule has 1 saturated carbocycles. The molecule has 106 valence electrons. The van der Waals surface area contributed by atoms with Gasteiger partial charge in [0, 0.05) is 6.54 Å². The first-order valence-electron chi connectivity index (χ1n) is 6.32. The summed E-state index contributed by atoms with van der Waals surface area (Å²) in [4.78, 5) is 10.6. The van der Waals surface area contributed by atoms with Gasteiger partial charge >= 0.3 is 5.97 Å². The van der Waals surface area contributed by atoms with Gasteiger partial charge in [0.15, 0.2) is 0 Å². The van der Waals surface area contributed by atoms with Gasteiger partial charge in [0.05, 0.1) is 0 Å². The van der Waals surface area contributed by atoms with Gasteiger partial charge in [0.2, 0.25) is 10.9 Å². The van der Waals surface area contributed by atoms with E-state index in [-0.39, 0.29) is 10.9 Å². The van der Waals surface area contributed by atoms with Crippen LogP contribution < -0.4 is 4.72 Å². The number of furan rings is 1. The number of carboxylic acid groups (broad SMARTS) is 1. The molecule has 0 atom stereocenters. The summed E-state index contributed by atoms with van der Waals surface area (Å²) in [6, 6.07) is 2.29. The molecule has 1 aromatic heterocycles. The van der Waals surface area contributed by atoms with Crippen LogP contribution >= 0.6 is 0 Å². The second kappa shape index (κ2) is 5.75. The zero-order valence-electron chi connectivity index (χ0n) is 10.5. The van der Waals surface area contributed by atoms with Crippen LogP contribution in [0.25, 0.3) is 0 Å². The average Bonchev–Trinajstić information content (AvgIpc) is 2.99. The fraction of sp³-hybridized carbons (Fsp3) is 0.583. The Hall–Kier alpha value is -1.34. The standard InChI is InChI=1S/C12H17NO5S/c14-12(15)10-5-6-11(18-10)19(16,17)13-8-7-9-3-1-2-4-9/h5-6,9,13H,1-4,7-8H2,(H,14,15). The molecule has 1 aliphatic rings. The first-order valence-corrected chi connectivity index (χ1v) is 7.80. The third-order valence-electron chi connectivity index (χ3n) is 3.38. The fourth-order valence-corrected chi connectivity index (χ4v) is 3.32. The molecular weight excluding hydrogens is 270 g/mol. The van der Waals surface area contributed by atoms with Crippen molar-refractivity contribution in [3.63, 3.8) is 0 Å². The number of hydrogen-bond acceptors (Lipinski definition) is 4. The Labute approximate surface area is 111 Å². The van der Waals surface area contributed by atoms with E-state index in [1.165, 1.54) is 12.8 Å². The van der Waals surface area contributed by atoms with Crippen molar-refractivity contribution < 1.29 is 22.7 Å². The van der Waals surface area contributed by atoms with E-state index in [0.29, 0.717) is 12.5 Å². The highest BCUT2D eigenvalue weighted by molar-refractivity contribution is 7.89. The molecule has 1 aliphatic carbocycles. The maximum Gasteiger partial charge on any atom is 0.371 e. The minimum absolute atomic E-state index is 0.351. The minimum atomic E-state index is -3.74. The predicted octanol–water partition coefficient (Wildman–Crippen LogP) is 1.84. The van der Waals surface area contributed by atoms with Gasteiger partial charge in [0.1, 0.15) is 0 Å². The van der Waals surface area contributed by atoms with Crippen molar-refractivity contribution in [1.29, 1.82) is 0 Å². The van der Waals surface area contributed by atoms with Crippen LogP contribution in [-0.2, 0) is 10.0 Å². The van der Waals surface area contributed by atoms with E-state index in [4.69, 9.17) is 9.52 Å². The lowest BCUT2D eigenvalue weighted by Gasteiger charge is -2.09. The lowest BCUT2D eigenvalue weighted by atomic mass is 10.1. The Balaban J connectivity index is 1.91. The van der Waals surface area contributed by atoms with Crippen molar-refractivity contribution >= 4 is 16.0 Å². The molecule has 6 nitrogen and oxygen atoms in total. The molecule has 1 heterocycles. The second-order valence-electron chi connectivity index (χ2n) is 4.76. The van der Waals surface area contributed by atoms with Crippen molar-refractivity contribution in [2.75, 3.05) is 6.54 Å². The summed E-state index contributed by atoms with van der Waals surface area (Å²) in [7, 11) is -3.74. The number of hydrogen-bond donors (Lipinski definition) is 2. The van der Waals surface area contributed by atoms with Crippen molar-refractivity contribution in [3.8, 4) is 0 Å². The fourth-order valence-electron chi connectivity index (χ4n) is 2.35. The summed E-state index contributed by atoms with van der Waals surface area (Å²) in [5.41, 5.74) is 0. The van der Waals surface area contributed by atoms with Gasteiger partial charge in [0.25, 0.3) is 10.0 Å². The molecule has 0 amide bonds. The first-order chi connectivity index (χ1) is 8.99. The van der Waals surface area contributed by atoms with Gasteiger partial charge in [-0.15, -0.1) is 0 Å². The zero-order valence-corrected chi connectivity index (χ0v) is 11.3. The molecule has 2 N–H and O–H groups in total. The summed E-state index contributed by atoms with van der Waals surface area (Å²) in [5.74, 6) is -1.07. The quantitative estimate of drug-likeness (QED) is 0.832. The summed E-state index contributed by atoms with van der Waals surface area (Å²) in [6.45, 7) is 0.357. The van der Waals surface area contributed by atoms with Crippen molar-refractivity contribution in [2.24, 2.45) is 5.92 Å². The Bertz CT molecular complexity index is 542. The van der Waals surface area contributed by atoms with Gasteiger partial charge in [-0.05, 0) is 24.5 Å². The van der Waals surface area contributed by atoms with Crippen LogP contribution in [-0.4, -0.2) is 26.0 Å². The third kappa shape index (κ3) is 3.57. The lowest BCUT2D eigenvalue weighted by Crippen LogP contribution is -2.25. The van der Waals surface area contributed by atoms with Crippen LogP contribution in [0, 0.1) is 5.92 Å². The number of sulfonamides is 1. The molecular formula is C12H17NO5S. The Kier molecular flexibility index (Phi) is 4.26. The Morgan fingerprint density at radius 1 is 1.37 bits per heavy atom. The number of rotatable bonds is 6. The largest absolute Gasteiger partial charge is 0.475 e. The zero-order chi connectivity index (χ0) is 13.9. The monoisotopic (exact) mass is 287 g/mol. The summed E-state index contributed by atoms with van der Waals surface area (Å²) < 4.78 is 30.9. The van der Waals surface area contributed by atoms with E-state index in [9.17, 15) is 13.2 Å². The Morgan fingerprint density at radius 2 is 2.05 bits per heavy atom. The normalized spacial score (nSPS) is 16.8. The summed E-state index contributed by atoms with van der Waals surface area (Å²) in [5, 5.41) is 8.32. The predicted molar refractivity (Wildman–Crippen MR) is 67.4 cm³/mol. The molecule has 0 unspecified atom stereocenters. The summed E-state index contributed by atoms with van der Waals surface area (Å²) >= 11 is 0. The van der Waals surface area contributed by atoms with E-state index in [0.717, 1.165) is 31.4 Å². The van der Waals surface area contributed by atoms with E-state index in [1.807, 2.05) is 0 Å². The summed E-state index contributed by atoms with van der Waals surface area (Å²) in [6.07, 6.45) is 5.57. The van der Waals surface area contributed by atoms with Gasteiger partial charge in [-0.2, -0.15) is 0 Å². The smallest absolute Gasteiger partial charge is 0.371 e.